The van der Waals surface area contributed by atoms with Gasteiger partial charge in [0.15, 0.2) is 6.10 Å². The summed E-state index contributed by atoms with van der Waals surface area (Å²) < 4.78 is 18.4. The summed E-state index contributed by atoms with van der Waals surface area (Å²) in [5.41, 5.74) is 0. The van der Waals surface area contributed by atoms with Gasteiger partial charge >= 0.3 is 0 Å². The molecule has 0 bridgehead atoms. The summed E-state index contributed by atoms with van der Waals surface area (Å²) in [6.07, 6.45) is -1.15. The van der Waals surface area contributed by atoms with Crippen LogP contribution in [0.4, 0.5) is 4.39 Å². The van der Waals surface area contributed by atoms with Gasteiger partial charge in [0.05, 0.1) is 6.10 Å². The highest BCUT2D eigenvalue weighted by molar-refractivity contribution is 5.85. The number of hydrogen-bond acceptors (Lipinski definition) is 4. The van der Waals surface area contributed by atoms with Crippen LogP contribution in [0.5, 0.6) is 5.75 Å². The summed E-state index contributed by atoms with van der Waals surface area (Å²) in [7, 11) is 0. The molecule has 118 valence electrons. The minimum atomic E-state index is -0.719. The van der Waals surface area contributed by atoms with Crippen LogP contribution < -0.4 is 15.4 Å². The largest absolute Gasteiger partial charge is 0.481 e. The Balaban J connectivity index is 0.00000220. The topological polar surface area (TPSA) is 70.6 Å². The van der Waals surface area contributed by atoms with Crippen molar-refractivity contribution in [2.45, 2.75) is 19.1 Å². The number of carbonyl (C=O) groups excluding carboxylic acids is 1. The van der Waals surface area contributed by atoms with Gasteiger partial charge in [-0.3, -0.25) is 4.79 Å². The Hall–Kier alpha value is -1.37. The molecule has 1 aromatic carbocycles. The van der Waals surface area contributed by atoms with Crippen LogP contribution in [0.2, 0.25) is 0 Å². The highest BCUT2D eigenvalue weighted by atomic mass is 35.5. The monoisotopic (exact) mass is 318 g/mol. The van der Waals surface area contributed by atoms with E-state index in [1.807, 2.05) is 0 Å². The zero-order valence-corrected chi connectivity index (χ0v) is 12.5. The Morgan fingerprint density at radius 2 is 2.33 bits per heavy atom. The Bertz CT molecular complexity index is 475. The molecule has 1 saturated heterocycles. The van der Waals surface area contributed by atoms with Crippen molar-refractivity contribution in [1.29, 1.82) is 0 Å². The molecule has 1 fully saturated rings. The van der Waals surface area contributed by atoms with Crippen LogP contribution in [-0.4, -0.2) is 42.9 Å². The van der Waals surface area contributed by atoms with Gasteiger partial charge in [0, 0.05) is 31.6 Å². The zero-order valence-electron chi connectivity index (χ0n) is 11.7. The van der Waals surface area contributed by atoms with Gasteiger partial charge in [0.1, 0.15) is 11.6 Å². The number of amides is 1. The molecule has 1 aliphatic rings. The fourth-order valence-corrected chi connectivity index (χ4v) is 2.10. The number of aliphatic hydroxyl groups is 1. The molecule has 0 spiro atoms. The molecule has 0 aliphatic carbocycles. The second kappa shape index (κ2) is 8.17. The summed E-state index contributed by atoms with van der Waals surface area (Å²) in [4.78, 5) is 11.9. The molecule has 1 aromatic rings. The van der Waals surface area contributed by atoms with E-state index in [-0.39, 0.29) is 24.2 Å². The molecule has 5 nitrogen and oxygen atoms in total. The summed E-state index contributed by atoms with van der Waals surface area (Å²) in [6.45, 7) is 3.23. The van der Waals surface area contributed by atoms with E-state index in [0.717, 1.165) is 0 Å². The summed E-state index contributed by atoms with van der Waals surface area (Å²) in [6, 6.07) is 5.66. The van der Waals surface area contributed by atoms with Gasteiger partial charge in [-0.05, 0) is 19.1 Å². The van der Waals surface area contributed by atoms with E-state index in [1.165, 1.54) is 18.2 Å². The lowest BCUT2D eigenvalue weighted by atomic mass is 10.1. The molecule has 0 aromatic heterocycles. The Labute approximate surface area is 129 Å². The third kappa shape index (κ3) is 5.15. The minimum Gasteiger partial charge on any atom is -0.481 e. The highest BCUT2D eigenvalue weighted by Gasteiger charge is 2.26. The molecular weight excluding hydrogens is 299 g/mol. The predicted molar refractivity (Wildman–Crippen MR) is 79.1 cm³/mol. The standard InChI is InChI=1S/C14H19FN2O3.ClH/c1-9(20-12-4-2-3-11(15)5-12)14(19)17-7-10-6-16-8-13(10)18;/h2-5,9-10,13,16,18H,6-8H2,1H3,(H,17,19);1H. The number of nitrogens with one attached hydrogen (secondary N) is 2. The molecule has 1 amide bonds. The maximum Gasteiger partial charge on any atom is 0.260 e. The predicted octanol–water partition coefficient (Wildman–Crippen LogP) is 0.711. The second-order valence-corrected chi connectivity index (χ2v) is 4.95. The van der Waals surface area contributed by atoms with Gasteiger partial charge in [-0.1, -0.05) is 6.07 Å². The quantitative estimate of drug-likeness (QED) is 0.748. The van der Waals surface area contributed by atoms with Crippen LogP contribution >= 0.6 is 12.4 Å². The van der Waals surface area contributed by atoms with Crippen molar-refractivity contribution in [3.8, 4) is 5.75 Å². The SMILES string of the molecule is CC(Oc1cccc(F)c1)C(=O)NCC1CNCC1O.Cl. The lowest BCUT2D eigenvalue weighted by Crippen LogP contribution is -2.41. The maximum atomic E-state index is 13.0. The number of halogens is 2. The molecule has 1 aliphatic heterocycles. The molecule has 21 heavy (non-hydrogen) atoms. The minimum absolute atomic E-state index is 0. The van der Waals surface area contributed by atoms with Crippen LogP contribution in [0.15, 0.2) is 24.3 Å². The van der Waals surface area contributed by atoms with Crippen molar-refractivity contribution in [3.05, 3.63) is 30.1 Å². The summed E-state index contributed by atoms with van der Waals surface area (Å²) in [5, 5.41) is 15.4. The van der Waals surface area contributed by atoms with Crippen molar-refractivity contribution in [2.24, 2.45) is 5.92 Å². The molecule has 1 heterocycles. The van der Waals surface area contributed by atoms with Crippen molar-refractivity contribution >= 4 is 18.3 Å². The van der Waals surface area contributed by atoms with E-state index in [0.29, 0.717) is 25.4 Å². The second-order valence-electron chi connectivity index (χ2n) is 4.95. The number of benzene rings is 1. The van der Waals surface area contributed by atoms with Crippen LogP contribution in [0.25, 0.3) is 0 Å². The number of β-amino-alcohol motifs (C(OH)–C–C–N with tert-alkyl or cyclic N) is 1. The van der Waals surface area contributed by atoms with Gasteiger partial charge in [-0.25, -0.2) is 4.39 Å². The summed E-state index contributed by atoms with van der Waals surface area (Å²) >= 11 is 0. The Kier molecular flexibility index (Phi) is 6.87. The van der Waals surface area contributed by atoms with Crippen molar-refractivity contribution in [1.82, 2.24) is 10.6 Å². The van der Waals surface area contributed by atoms with Gasteiger partial charge < -0.3 is 20.5 Å². The normalized spacial score (nSPS) is 22.2. The van der Waals surface area contributed by atoms with E-state index in [9.17, 15) is 14.3 Å². The Morgan fingerprint density at radius 1 is 1.57 bits per heavy atom. The molecule has 3 N–H and O–H groups in total. The third-order valence-corrected chi connectivity index (χ3v) is 3.32. The number of ether oxygens (including phenoxy) is 1. The number of hydrogen-bond donors (Lipinski definition) is 3. The van der Waals surface area contributed by atoms with Crippen LogP contribution in [-0.2, 0) is 4.79 Å². The first kappa shape index (κ1) is 17.7. The molecule has 0 saturated carbocycles. The van der Waals surface area contributed by atoms with Crippen LogP contribution in [0.3, 0.4) is 0 Å². The first-order chi connectivity index (χ1) is 9.56. The molecular formula is C14H20ClFN2O3. The van der Waals surface area contributed by atoms with Gasteiger partial charge in [-0.15, -0.1) is 12.4 Å². The van der Waals surface area contributed by atoms with Crippen LogP contribution in [0.1, 0.15) is 6.92 Å². The van der Waals surface area contributed by atoms with Crippen LogP contribution in [0, 0.1) is 11.7 Å². The van der Waals surface area contributed by atoms with Crippen molar-refractivity contribution < 1.29 is 19.0 Å². The molecule has 3 atom stereocenters. The summed E-state index contributed by atoms with van der Waals surface area (Å²) in [5.74, 6) is -0.362. The third-order valence-electron chi connectivity index (χ3n) is 3.32. The Morgan fingerprint density at radius 3 is 2.95 bits per heavy atom. The van der Waals surface area contributed by atoms with E-state index in [2.05, 4.69) is 10.6 Å². The lowest BCUT2D eigenvalue weighted by molar-refractivity contribution is -0.127. The van der Waals surface area contributed by atoms with Gasteiger partial charge in [0.25, 0.3) is 5.91 Å². The average molecular weight is 319 g/mol. The molecule has 0 radical (unpaired) electrons. The van der Waals surface area contributed by atoms with E-state index >= 15 is 0 Å². The fourth-order valence-electron chi connectivity index (χ4n) is 2.10. The first-order valence-corrected chi connectivity index (χ1v) is 6.65. The van der Waals surface area contributed by atoms with E-state index in [1.54, 1.807) is 13.0 Å². The van der Waals surface area contributed by atoms with Crippen molar-refractivity contribution in [2.75, 3.05) is 19.6 Å². The number of carbonyl (C=O) groups is 1. The lowest BCUT2D eigenvalue weighted by Gasteiger charge is -2.18. The zero-order chi connectivity index (χ0) is 14.5. The van der Waals surface area contributed by atoms with Gasteiger partial charge in [0.2, 0.25) is 0 Å². The number of rotatable bonds is 5. The van der Waals surface area contributed by atoms with Gasteiger partial charge in [-0.2, -0.15) is 0 Å². The molecule has 7 heteroatoms. The maximum absolute atomic E-state index is 13.0. The smallest absolute Gasteiger partial charge is 0.260 e. The first-order valence-electron chi connectivity index (χ1n) is 6.65. The number of aliphatic hydroxyl groups excluding tert-OH is 1. The van der Waals surface area contributed by atoms with Crippen molar-refractivity contribution in [3.63, 3.8) is 0 Å². The van der Waals surface area contributed by atoms with E-state index < -0.39 is 18.0 Å². The average Bonchev–Trinajstić information content (AvgIpc) is 2.81. The fraction of sp³-hybridized carbons (Fsp3) is 0.500. The van der Waals surface area contributed by atoms with E-state index in [4.69, 9.17) is 4.74 Å². The molecule has 2 rings (SSSR count). The highest BCUT2D eigenvalue weighted by Crippen LogP contribution is 2.14. The molecule has 3 unspecified atom stereocenters.